The number of carbonyl (C=O) groups is 1. The van der Waals surface area contributed by atoms with Gasteiger partial charge in [-0.25, -0.2) is 0 Å². The molecule has 1 amide bonds. The van der Waals surface area contributed by atoms with E-state index in [0.29, 0.717) is 17.4 Å². The third kappa shape index (κ3) is 4.20. The summed E-state index contributed by atoms with van der Waals surface area (Å²) in [5.74, 6) is 1.25. The van der Waals surface area contributed by atoms with Crippen molar-refractivity contribution >= 4 is 27.9 Å². The van der Waals surface area contributed by atoms with Crippen molar-refractivity contribution in [3.05, 3.63) is 52.5 Å². The number of methoxy groups -OCH3 is 2. The third-order valence-electron chi connectivity index (χ3n) is 3.59. The van der Waals surface area contributed by atoms with Crippen LogP contribution in [0, 0.1) is 0 Å². The highest BCUT2D eigenvalue weighted by Crippen LogP contribution is 2.26. The Bertz CT molecular complexity index is 926. The molecule has 0 aliphatic carbocycles. The fourth-order valence-corrected chi connectivity index (χ4v) is 2.75. The quantitative estimate of drug-likeness (QED) is 0.657. The molecule has 0 aliphatic rings. The molecule has 2 aromatic carbocycles. The fraction of sp³-hybridized carbons (Fsp3) is 0.167. The molecular formula is C18H16BrN3O4. The summed E-state index contributed by atoms with van der Waals surface area (Å²) in [7, 11) is 3.11. The van der Waals surface area contributed by atoms with Gasteiger partial charge < -0.3 is 13.9 Å². The Balaban J connectivity index is 1.69. The molecule has 3 aromatic rings. The summed E-state index contributed by atoms with van der Waals surface area (Å²) in [6.07, 6.45) is 0.0990. The van der Waals surface area contributed by atoms with E-state index in [1.807, 2.05) is 24.3 Å². The van der Waals surface area contributed by atoms with Crippen molar-refractivity contribution in [3.63, 3.8) is 0 Å². The summed E-state index contributed by atoms with van der Waals surface area (Å²) in [4.78, 5) is 12.3. The summed E-state index contributed by atoms with van der Waals surface area (Å²) in [5, 5.41) is 10.4. The van der Waals surface area contributed by atoms with E-state index in [4.69, 9.17) is 13.9 Å². The monoisotopic (exact) mass is 417 g/mol. The van der Waals surface area contributed by atoms with Crippen LogP contribution >= 0.6 is 15.9 Å². The van der Waals surface area contributed by atoms with Crippen molar-refractivity contribution in [2.24, 2.45) is 0 Å². The maximum atomic E-state index is 12.3. The smallest absolute Gasteiger partial charge is 0.322 e. The molecular weight excluding hydrogens is 402 g/mol. The molecule has 26 heavy (non-hydrogen) atoms. The SMILES string of the molecule is COc1ccc(CC(=O)Nc2nnc(-c3cccc(Br)c3)o2)c(OC)c1. The van der Waals surface area contributed by atoms with E-state index in [-0.39, 0.29) is 18.3 Å². The minimum Gasteiger partial charge on any atom is -0.497 e. The highest BCUT2D eigenvalue weighted by molar-refractivity contribution is 9.10. The van der Waals surface area contributed by atoms with Gasteiger partial charge in [-0.05, 0) is 24.3 Å². The highest BCUT2D eigenvalue weighted by Gasteiger charge is 2.14. The lowest BCUT2D eigenvalue weighted by molar-refractivity contribution is -0.115. The molecule has 8 heteroatoms. The van der Waals surface area contributed by atoms with Crippen LogP contribution < -0.4 is 14.8 Å². The first-order valence-electron chi connectivity index (χ1n) is 7.69. The van der Waals surface area contributed by atoms with Gasteiger partial charge in [-0.2, -0.15) is 0 Å². The van der Waals surface area contributed by atoms with Gasteiger partial charge in [-0.3, -0.25) is 10.1 Å². The number of nitrogens with zero attached hydrogens (tertiary/aromatic N) is 2. The maximum absolute atomic E-state index is 12.3. The third-order valence-corrected chi connectivity index (χ3v) is 4.08. The summed E-state index contributed by atoms with van der Waals surface area (Å²) in [6.45, 7) is 0. The number of ether oxygens (including phenoxy) is 2. The maximum Gasteiger partial charge on any atom is 0.322 e. The lowest BCUT2D eigenvalue weighted by Gasteiger charge is -2.09. The van der Waals surface area contributed by atoms with Gasteiger partial charge in [0.25, 0.3) is 0 Å². The van der Waals surface area contributed by atoms with Crippen LogP contribution in [0.3, 0.4) is 0 Å². The summed E-state index contributed by atoms with van der Waals surface area (Å²) >= 11 is 3.39. The lowest BCUT2D eigenvalue weighted by Crippen LogP contribution is -2.15. The predicted molar refractivity (Wildman–Crippen MR) is 99.3 cm³/mol. The number of rotatable bonds is 6. The molecule has 3 rings (SSSR count). The predicted octanol–water partition coefficient (Wildman–Crippen LogP) is 3.70. The Morgan fingerprint density at radius 2 is 2.00 bits per heavy atom. The van der Waals surface area contributed by atoms with E-state index >= 15 is 0 Å². The van der Waals surface area contributed by atoms with Crippen LogP contribution in [-0.2, 0) is 11.2 Å². The van der Waals surface area contributed by atoms with Crippen LogP contribution in [0.5, 0.6) is 11.5 Å². The van der Waals surface area contributed by atoms with Crippen LogP contribution in [-0.4, -0.2) is 30.3 Å². The first-order valence-corrected chi connectivity index (χ1v) is 8.48. The molecule has 0 bridgehead atoms. The molecule has 134 valence electrons. The van der Waals surface area contributed by atoms with E-state index in [0.717, 1.165) is 15.6 Å². The molecule has 7 nitrogen and oxygen atoms in total. The topological polar surface area (TPSA) is 86.5 Å². The molecule has 0 saturated carbocycles. The molecule has 0 saturated heterocycles. The van der Waals surface area contributed by atoms with Crippen molar-refractivity contribution < 1.29 is 18.7 Å². The van der Waals surface area contributed by atoms with Crippen molar-refractivity contribution in [2.75, 3.05) is 19.5 Å². The summed E-state index contributed by atoms with van der Waals surface area (Å²) in [6, 6.07) is 12.7. The van der Waals surface area contributed by atoms with Gasteiger partial charge in [-0.15, -0.1) is 5.10 Å². The Morgan fingerprint density at radius 3 is 2.73 bits per heavy atom. The van der Waals surface area contributed by atoms with Crippen molar-refractivity contribution in [2.45, 2.75) is 6.42 Å². The molecule has 1 heterocycles. The highest BCUT2D eigenvalue weighted by atomic mass is 79.9. The first-order chi connectivity index (χ1) is 12.6. The lowest BCUT2D eigenvalue weighted by atomic mass is 10.1. The van der Waals surface area contributed by atoms with E-state index in [1.165, 1.54) is 0 Å². The number of carbonyl (C=O) groups excluding carboxylic acids is 1. The number of hydrogen-bond acceptors (Lipinski definition) is 6. The molecule has 0 spiro atoms. The average molecular weight is 418 g/mol. The number of benzene rings is 2. The Kier molecular flexibility index (Phi) is 5.52. The number of anilines is 1. The van der Waals surface area contributed by atoms with Crippen LogP contribution in [0.15, 0.2) is 51.4 Å². The van der Waals surface area contributed by atoms with E-state index in [9.17, 15) is 4.79 Å². The van der Waals surface area contributed by atoms with Crippen LogP contribution in [0.2, 0.25) is 0 Å². The van der Waals surface area contributed by atoms with Gasteiger partial charge in [0.1, 0.15) is 11.5 Å². The largest absolute Gasteiger partial charge is 0.497 e. The van der Waals surface area contributed by atoms with Crippen molar-refractivity contribution in [3.8, 4) is 23.0 Å². The standard InChI is InChI=1S/C18H16BrN3O4/c1-24-14-7-6-11(15(10-14)25-2)9-16(23)20-18-22-21-17(26-18)12-4-3-5-13(19)8-12/h3-8,10H,9H2,1-2H3,(H,20,22,23). The fourth-order valence-electron chi connectivity index (χ4n) is 2.35. The number of aromatic nitrogens is 2. The molecule has 1 N–H and O–H groups in total. The zero-order chi connectivity index (χ0) is 18.5. The van der Waals surface area contributed by atoms with Gasteiger partial charge in [0.15, 0.2) is 0 Å². The second-order valence-electron chi connectivity index (χ2n) is 5.33. The second-order valence-corrected chi connectivity index (χ2v) is 6.24. The molecule has 0 radical (unpaired) electrons. The van der Waals surface area contributed by atoms with Gasteiger partial charge >= 0.3 is 6.01 Å². The molecule has 0 unspecified atom stereocenters. The zero-order valence-corrected chi connectivity index (χ0v) is 15.7. The van der Waals surface area contributed by atoms with Crippen LogP contribution in [0.1, 0.15) is 5.56 Å². The van der Waals surface area contributed by atoms with Crippen LogP contribution in [0.25, 0.3) is 11.5 Å². The van der Waals surface area contributed by atoms with Gasteiger partial charge in [0, 0.05) is 21.7 Å². The normalized spacial score (nSPS) is 10.4. The Morgan fingerprint density at radius 1 is 1.15 bits per heavy atom. The summed E-state index contributed by atoms with van der Waals surface area (Å²) < 4.78 is 16.8. The zero-order valence-electron chi connectivity index (χ0n) is 14.2. The molecule has 1 aromatic heterocycles. The van der Waals surface area contributed by atoms with Crippen LogP contribution in [0.4, 0.5) is 6.01 Å². The van der Waals surface area contributed by atoms with Crippen molar-refractivity contribution in [1.82, 2.24) is 10.2 Å². The minimum absolute atomic E-state index is 0.0393. The van der Waals surface area contributed by atoms with E-state index < -0.39 is 0 Å². The first kappa shape index (κ1) is 17.9. The second kappa shape index (κ2) is 8.01. The van der Waals surface area contributed by atoms with Crippen molar-refractivity contribution in [1.29, 1.82) is 0 Å². The number of amides is 1. The molecule has 0 fully saturated rings. The molecule has 0 aliphatic heterocycles. The van der Waals surface area contributed by atoms with Gasteiger partial charge in [0.2, 0.25) is 11.8 Å². The number of halogens is 1. The van der Waals surface area contributed by atoms with E-state index in [2.05, 4.69) is 31.4 Å². The number of hydrogen-bond donors (Lipinski definition) is 1. The van der Waals surface area contributed by atoms with Gasteiger partial charge in [0.05, 0.1) is 20.6 Å². The Labute approximate surface area is 158 Å². The minimum atomic E-state index is -0.294. The molecule has 0 atom stereocenters. The van der Waals surface area contributed by atoms with E-state index in [1.54, 1.807) is 32.4 Å². The Hall–Kier alpha value is -2.87. The summed E-state index contributed by atoms with van der Waals surface area (Å²) in [5.41, 5.74) is 1.47. The van der Waals surface area contributed by atoms with Gasteiger partial charge in [-0.1, -0.05) is 33.2 Å². The average Bonchev–Trinajstić information content (AvgIpc) is 3.10. The number of nitrogens with one attached hydrogen (secondary N) is 1.